The van der Waals surface area contributed by atoms with E-state index < -0.39 is 11.9 Å². The Labute approximate surface area is 154 Å². The van der Waals surface area contributed by atoms with Gasteiger partial charge in [-0.1, -0.05) is 38.1 Å². The molecular weight excluding hydrogens is 330 g/mol. The van der Waals surface area contributed by atoms with Crippen molar-refractivity contribution in [2.24, 2.45) is 5.92 Å². The number of hydrogen-bond donors (Lipinski definition) is 1. The van der Waals surface area contributed by atoms with E-state index in [9.17, 15) is 9.59 Å². The standard InChI is InChI=1S/C21H27NO4/c1-13(2)15(4)22-20(23)12-26-21(24)14(3)16-6-7-18-11-19(25-5)9-8-17(18)10-16/h6-11,13-15H,12H2,1-5H3,(H,22,23)/t14-,15+/m0/s1. The Balaban J connectivity index is 1.99. The summed E-state index contributed by atoms with van der Waals surface area (Å²) in [4.78, 5) is 24.1. The van der Waals surface area contributed by atoms with Gasteiger partial charge >= 0.3 is 5.97 Å². The number of carbonyl (C=O) groups is 2. The predicted molar refractivity (Wildman–Crippen MR) is 102 cm³/mol. The van der Waals surface area contributed by atoms with Crippen LogP contribution in [0.3, 0.4) is 0 Å². The van der Waals surface area contributed by atoms with Gasteiger partial charge in [-0.05, 0) is 48.2 Å². The van der Waals surface area contributed by atoms with E-state index in [1.165, 1.54) is 0 Å². The number of ether oxygens (including phenoxy) is 2. The van der Waals surface area contributed by atoms with Crippen LogP contribution in [0.5, 0.6) is 5.75 Å². The van der Waals surface area contributed by atoms with Gasteiger partial charge in [-0.25, -0.2) is 0 Å². The van der Waals surface area contributed by atoms with Crippen LogP contribution in [-0.4, -0.2) is 31.6 Å². The summed E-state index contributed by atoms with van der Waals surface area (Å²) in [5, 5.41) is 4.88. The first kappa shape index (κ1) is 19.8. The fourth-order valence-corrected chi connectivity index (χ4v) is 2.50. The van der Waals surface area contributed by atoms with Crippen molar-refractivity contribution in [3.63, 3.8) is 0 Å². The molecule has 1 amide bonds. The number of esters is 1. The minimum atomic E-state index is -0.447. The van der Waals surface area contributed by atoms with Gasteiger partial charge in [0.25, 0.3) is 5.91 Å². The van der Waals surface area contributed by atoms with Crippen LogP contribution in [-0.2, 0) is 14.3 Å². The molecule has 0 aromatic heterocycles. The van der Waals surface area contributed by atoms with Crippen molar-refractivity contribution in [3.8, 4) is 5.75 Å². The summed E-state index contributed by atoms with van der Waals surface area (Å²) in [6.45, 7) is 7.49. The summed E-state index contributed by atoms with van der Waals surface area (Å²) in [7, 11) is 1.63. The second kappa shape index (κ2) is 8.70. The minimum Gasteiger partial charge on any atom is -0.497 e. The third-order valence-corrected chi connectivity index (χ3v) is 4.66. The lowest BCUT2D eigenvalue weighted by atomic mass is 9.98. The fraction of sp³-hybridized carbons (Fsp3) is 0.429. The van der Waals surface area contributed by atoms with Crippen molar-refractivity contribution in [3.05, 3.63) is 42.0 Å². The molecule has 0 aliphatic rings. The highest BCUT2D eigenvalue weighted by Crippen LogP contribution is 2.25. The number of carbonyl (C=O) groups excluding carboxylic acids is 2. The Hall–Kier alpha value is -2.56. The number of fused-ring (bicyclic) bond motifs is 1. The van der Waals surface area contributed by atoms with E-state index >= 15 is 0 Å². The Kier molecular flexibility index (Phi) is 6.61. The monoisotopic (exact) mass is 357 g/mol. The fourth-order valence-electron chi connectivity index (χ4n) is 2.50. The summed E-state index contributed by atoms with van der Waals surface area (Å²) < 4.78 is 10.4. The topological polar surface area (TPSA) is 64.6 Å². The van der Waals surface area contributed by atoms with E-state index in [1.54, 1.807) is 14.0 Å². The predicted octanol–water partition coefficient (Wildman–Crippen LogP) is 3.66. The van der Waals surface area contributed by atoms with Gasteiger partial charge in [0.2, 0.25) is 0 Å². The molecule has 5 heteroatoms. The van der Waals surface area contributed by atoms with Gasteiger partial charge in [0, 0.05) is 6.04 Å². The number of nitrogens with one attached hydrogen (secondary N) is 1. The van der Waals surface area contributed by atoms with E-state index in [4.69, 9.17) is 9.47 Å². The molecule has 2 aromatic rings. The summed E-state index contributed by atoms with van der Waals surface area (Å²) in [5.41, 5.74) is 0.851. The van der Waals surface area contributed by atoms with Gasteiger partial charge in [-0.2, -0.15) is 0 Å². The Bertz CT molecular complexity index is 785. The smallest absolute Gasteiger partial charge is 0.313 e. The normalized spacial score (nSPS) is 13.3. The molecule has 0 heterocycles. The quantitative estimate of drug-likeness (QED) is 0.768. The van der Waals surface area contributed by atoms with Crippen molar-refractivity contribution in [2.75, 3.05) is 13.7 Å². The van der Waals surface area contributed by atoms with Crippen LogP contribution in [0.1, 0.15) is 39.2 Å². The third kappa shape index (κ3) is 4.97. The molecule has 0 aliphatic heterocycles. The van der Waals surface area contributed by atoms with Crippen molar-refractivity contribution >= 4 is 22.6 Å². The molecule has 0 radical (unpaired) electrons. The van der Waals surface area contributed by atoms with Crippen LogP contribution < -0.4 is 10.1 Å². The maximum absolute atomic E-state index is 12.3. The van der Waals surface area contributed by atoms with E-state index in [0.29, 0.717) is 5.92 Å². The van der Waals surface area contributed by atoms with Crippen LogP contribution in [0, 0.1) is 5.92 Å². The van der Waals surface area contributed by atoms with Gasteiger partial charge in [0.15, 0.2) is 6.61 Å². The highest BCUT2D eigenvalue weighted by Gasteiger charge is 2.19. The SMILES string of the molecule is COc1ccc2cc([C@H](C)C(=O)OCC(=O)N[C@H](C)C(C)C)ccc2c1. The van der Waals surface area contributed by atoms with Gasteiger partial charge in [-0.3, -0.25) is 9.59 Å². The van der Waals surface area contributed by atoms with Crippen molar-refractivity contribution < 1.29 is 19.1 Å². The number of rotatable bonds is 7. The molecule has 2 rings (SSSR count). The third-order valence-electron chi connectivity index (χ3n) is 4.66. The molecule has 0 spiro atoms. The minimum absolute atomic E-state index is 0.0381. The van der Waals surface area contributed by atoms with Crippen LogP contribution in [0.2, 0.25) is 0 Å². The molecule has 140 valence electrons. The number of hydrogen-bond acceptors (Lipinski definition) is 4. The van der Waals surface area contributed by atoms with E-state index in [2.05, 4.69) is 5.32 Å². The molecular formula is C21H27NO4. The van der Waals surface area contributed by atoms with Crippen molar-refractivity contribution in [1.82, 2.24) is 5.32 Å². The second-order valence-corrected chi connectivity index (χ2v) is 6.90. The zero-order valence-corrected chi connectivity index (χ0v) is 16.0. The molecule has 2 atom stereocenters. The molecule has 26 heavy (non-hydrogen) atoms. The van der Waals surface area contributed by atoms with Crippen LogP contribution in [0.4, 0.5) is 0 Å². The number of methoxy groups -OCH3 is 1. The molecule has 1 N–H and O–H groups in total. The lowest BCUT2D eigenvalue weighted by Crippen LogP contribution is -2.39. The molecule has 0 bridgehead atoms. The average Bonchev–Trinajstić information content (AvgIpc) is 2.64. The molecule has 2 aromatic carbocycles. The first-order valence-electron chi connectivity index (χ1n) is 8.85. The molecule has 0 fully saturated rings. The highest BCUT2D eigenvalue weighted by molar-refractivity contribution is 5.87. The molecule has 5 nitrogen and oxygen atoms in total. The van der Waals surface area contributed by atoms with Gasteiger partial charge in [-0.15, -0.1) is 0 Å². The maximum Gasteiger partial charge on any atom is 0.313 e. The second-order valence-electron chi connectivity index (χ2n) is 6.90. The van der Waals surface area contributed by atoms with E-state index in [-0.39, 0.29) is 18.6 Å². The zero-order valence-electron chi connectivity index (χ0n) is 16.0. The molecule has 0 saturated carbocycles. The molecule has 0 aliphatic carbocycles. The lowest BCUT2D eigenvalue weighted by Gasteiger charge is -2.18. The Morgan fingerprint density at radius 2 is 1.65 bits per heavy atom. The highest BCUT2D eigenvalue weighted by atomic mass is 16.5. The van der Waals surface area contributed by atoms with Crippen molar-refractivity contribution in [2.45, 2.75) is 39.7 Å². The summed E-state index contributed by atoms with van der Waals surface area (Å²) in [6, 6.07) is 11.6. The first-order valence-corrected chi connectivity index (χ1v) is 8.85. The van der Waals surface area contributed by atoms with Gasteiger partial charge < -0.3 is 14.8 Å². The lowest BCUT2D eigenvalue weighted by molar-refractivity contribution is -0.149. The summed E-state index contributed by atoms with van der Waals surface area (Å²) >= 11 is 0. The van der Waals surface area contributed by atoms with Crippen molar-refractivity contribution in [1.29, 1.82) is 0 Å². The summed E-state index contributed by atoms with van der Waals surface area (Å²) in [5.74, 6) is -0.0245. The largest absolute Gasteiger partial charge is 0.497 e. The average molecular weight is 357 g/mol. The van der Waals surface area contributed by atoms with E-state index in [1.807, 2.05) is 57.2 Å². The van der Waals surface area contributed by atoms with E-state index in [0.717, 1.165) is 22.1 Å². The maximum atomic E-state index is 12.3. The molecule has 0 unspecified atom stereocenters. The zero-order chi connectivity index (χ0) is 19.3. The Morgan fingerprint density at radius 1 is 1.00 bits per heavy atom. The van der Waals surface area contributed by atoms with Crippen LogP contribution >= 0.6 is 0 Å². The first-order chi connectivity index (χ1) is 12.3. The Morgan fingerprint density at radius 3 is 2.31 bits per heavy atom. The van der Waals surface area contributed by atoms with Gasteiger partial charge in [0.05, 0.1) is 13.0 Å². The van der Waals surface area contributed by atoms with Gasteiger partial charge in [0.1, 0.15) is 5.75 Å². The number of benzene rings is 2. The number of amides is 1. The van der Waals surface area contributed by atoms with Crippen LogP contribution in [0.25, 0.3) is 10.8 Å². The molecule has 0 saturated heterocycles. The van der Waals surface area contributed by atoms with Crippen LogP contribution in [0.15, 0.2) is 36.4 Å². The summed E-state index contributed by atoms with van der Waals surface area (Å²) in [6.07, 6.45) is 0.